The van der Waals surface area contributed by atoms with Crippen molar-refractivity contribution >= 4 is 5.97 Å². The summed E-state index contributed by atoms with van der Waals surface area (Å²) in [6.45, 7) is 0. The number of hydrogen-bond acceptors (Lipinski definition) is 4. The average Bonchev–Trinajstić information content (AvgIpc) is 3.01. The summed E-state index contributed by atoms with van der Waals surface area (Å²) in [5, 5.41) is 8.67. The van der Waals surface area contributed by atoms with Crippen molar-refractivity contribution in [3.8, 4) is 5.88 Å². The van der Waals surface area contributed by atoms with Crippen molar-refractivity contribution in [3.05, 3.63) is 17.6 Å². The molecule has 0 saturated heterocycles. The maximum absolute atomic E-state index is 10.6. The van der Waals surface area contributed by atoms with E-state index in [0.717, 1.165) is 18.7 Å². The Morgan fingerprint density at radius 1 is 1.67 bits per heavy atom. The van der Waals surface area contributed by atoms with Crippen molar-refractivity contribution in [2.24, 2.45) is 0 Å². The van der Waals surface area contributed by atoms with E-state index in [1.807, 2.05) is 0 Å². The first-order valence-electron chi connectivity index (χ1n) is 4.82. The Morgan fingerprint density at radius 3 is 2.93 bits per heavy atom. The number of aromatic nitrogens is 2. The molecule has 1 heterocycles. The quantitative estimate of drug-likeness (QED) is 0.798. The minimum Gasteiger partial charge on any atom is -0.481 e. The summed E-state index contributed by atoms with van der Waals surface area (Å²) < 4.78 is 5.05. The molecule has 5 nitrogen and oxygen atoms in total. The molecule has 1 fully saturated rings. The fourth-order valence-electron chi connectivity index (χ4n) is 1.40. The van der Waals surface area contributed by atoms with E-state index < -0.39 is 5.97 Å². The molecule has 1 saturated carbocycles. The molecule has 2 rings (SSSR count). The monoisotopic (exact) mass is 208 g/mol. The second kappa shape index (κ2) is 3.84. The number of methoxy groups -OCH3 is 1. The Morgan fingerprint density at radius 2 is 2.40 bits per heavy atom. The molecule has 1 aliphatic carbocycles. The Bertz CT molecular complexity index is 388. The van der Waals surface area contributed by atoms with Crippen LogP contribution in [0.3, 0.4) is 0 Å². The molecule has 15 heavy (non-hydrogen) atoms. The highest BCUT2D eigenvalue weighted by molar-refractivity contribution is 5.70. The zero-order valence-corrected chi connectivity index (χ0v) is 8.43. The van der Waals surface area contributed by atoms with Crippen LogP contribution in [0.4, 0.5) is 0 Å². The topological polar surface area (TPSA) is 72.3 Å². The van der Waals surface area contributed by atoms with Gasteiger partial charge in [-0.2, -0.15) is 4.98 Å². The summed E-state index contributed by atoms with van der Waals surface area (Å²) in [4.78, 5) is 18.9. The molecule has 1 aromatic rings. The van der Waals surface area contributed by atoms with Crippen molar-refractivity contribution in [3.63, 3.8) is 0 Å². The van der Waals surface area contributed by atoms with Gasteiger partial charge in [0.15, 0.2) is 0 Å². The molecule has 80 valence electrons. The van der Waals surface area contributed by atoms with Gasteiger partial charge in [0, 0.05) is 17.7 Å². The molecule has 0 bridgehead atoms. The Labute approximate surface area is 87.1 Å². The lowest BCUT2D eigenvalue weighted by Crippen LogP contribution is -2.06. The van der Waals surface area contributed by atoms with Crippen LogP contribution in [0.25, 0.3) is 0 Å². The molecular formula is C10H12N2O3. The summed E-state index contributed by atoms with van der Waals surface area (Å²) >= 11 is 0. The largest absolute Gasteiger partial charge is 0.481 e. The van der Waals surface area contributed by atoms with Gasteiger partial charge in [-0.15, -0.1) is 0 Å². The summed E-state index contributed by atoms with van der Waals surface area (Å²) in [5.41, 5.74) is 0.523. The summed E-state index contributed by atoms with van der Waals surface area (Å²) in [6, 6.07) is 0. The highest BCUT2D eigenvalue weighted by Crippen LogP contribution is 2.38. The van der Waals surface area contributed by atoms with Crippen molar-refractivity contribution in [1.29, 1.82) is 0 Å². The molecule has 5 heteroatoms. The predicted molar refractivity (Wildman–Crippen MR) is 51.9 cm³/mol. The van der Waals surface area contributed by atoms with Gasteiger partial charge >= 0.3 is 5.97 Å². The lowest BCUT2D eigenvalue weighted by Gasteiger charge is -2.06. The number of aliphatic carboxylic acids is 1. The van der Waals surface area contributed by atoms with Gasteiger partial charge in [-0.1, -0.05) is 0 Å². The molecule has 1 N–H and O–H groups in total. The second-order valence-corrected chi connectivity index (χ2v) is 3.61. The number of ether oxygens (including phenoxy) is 1. The van der Waals surface area contributed by atoms with E-state index in [1.54, 1.807) is 6.20 Å². The van der Waals surface area contributed by atoms with Gasteiger partial charge in [-0.25, -0.2) is 4.98 Å². The molecule has 0 radical (unpaired) electrons. The number of carbonyl (C=O) groups is 1. The second-order valence-electron chi connectivity index (χ2n) is 3.61. The van der Waals surface area contributed by atoms with Gasteiger partial charge in [0.2, 0.25) is 5.88 Å². The lowest BCUT2D eigenvalue weighted by atomic mass is 10.2. The normalized spacial score (nSPS) is 15.0. The average molecular weight is 208 g/mol. The molecule has 0 aliphatic heterocycles. The van der Waals surface area contributed by atoms with Gasteiger partial charge in [0.25, 0.3) is 0 Å². The highest BCUT2D eigenvalue weighted by atomic mass is 16.5. The van der Waals surface area contributed by atoms with Crippen LogP contribution >= 0.6 is 0 Å². The van der Waals surface area contributed by atoms with E-state index in [0.29, 0.717) is 17.4 Å². The molecule has 0 atom stereocenters. The van der Waals surface area contributed by atoms with Gasteiger partial charge < -0.3 is 9.84 Å². The van der Waals surface area contributed by atoms with Crippen LogP contribution in [-0.2, 0) is 11.2 Å². The Hall–Kier alpha value is -1.65. The van der Waals surface area contributed by atoms with E-state index in [4.69, 9.17) is 9.84 Å². The first kappa shape index (κ1) is 9.89. The molecular weight excluding hydrogens is 196 g/mol. The zero-order chi connectivity index (χ0) is 10.8. The van der Waals surface area contributed by atoms with Crippen LogP contribution < -0.4 is 4.74 Å². The molecule has 0 unspecified atom stereocenters. The van der Waals surface area contributed by atoms with Crippen LogP contribution in [0, 0.1) is 0 Å². The smallest absolute Gasteiger partial charge is 0.308 e. The summed E-state index contributed by atoms with van der Waals surface area (Å²) in [7, 11) is 1.49. The van der Waals surface area contributed by atoms with Crippen LogP contribution in [0.5, 0.6) is 5.88 Å². The predicted octanol–water partition coefficient (Wildman–Crippen LogP) is 0.990. The maximum atomic E-state index is 10.6. The first-order valence-corrected chi connectivity index (χ1v) is 4.82. The Balaban J connectivity index is 2.26. The van der Waals surface area contributed by atoms with E-state index in [-0.39, 0.29) is 6.42 Å². The maximum Gasteiger partial charge on any atom is 0.308 e. The third-order valence-electron chi connectivity index (χ3n) is 2.32. The zero-order valence-electron chi connectivity index (χ0n) is 8.43. The van der Waals surface area contributed by atoms with Crippen molar-refractivity contribution < 1.29 is 14.6 Å². The fraction of sp³-hybridized carbons (Fsp3) is 0.500. The third-order valence-corrected chi connectivity index (χ3v) is 2.32. The molecule has 1 aromatic heterocycles. The van der Waals surface area contributed by atoms with E-state index in [9.17, 15) is 4.79 Å². The molecule has 0 aromatic carbocycles. The van der Waals surface area contributed by atoms with Crippen molar-refractivity contribution in [2.45, 2.75) is 25.2 Å². The highest BCUT2D eigenvalue weighted by Gasteiger charge is 2.27. The van der Waals surface area contributed by atoms with Gasteiger partial charge in [0.05, 0.1) is 13.5 Å². The molecule has 1 aliphatic rings. The molecule has 0 amide bonds. The van der Waals surface area contributed by atoms with Crippen molar-refractivity contribution in [2.75, 3.05) is 7.11 Å². The fourth-order valence-corrected chi connectivity index (χ4v) is 1.40. The standard InChI is InChI=1S/C10H12N2O3/c1-15-10-7(4-8(13)14)5-11-9(12-10)6-2-3-6/h5-6H,2-4H2,1H3,(H,13,14). The minimum atomic E-state index is -0.906. The van der Waals surface area contributed by atoms with E-state index >= 15 is 0 Å². The Kier molecular flexibility index (Phi) is 2.53. The number of carboxylic acids is 1. The van der Waals surface area contributed by atoms with Crippen molar-refractivity contribution in [1.82, 2.24) is 9.97 Å². The number of hydrogen-bond donors (Lipinski definition) is 1. The van der Waals surface area contributed by atoms with E-state index in [1.165, 1.54) is 7.11 Å². The number of carboxylic acid groups (broad SMARTS) is 1. The SMILES string of the molecule is COc1nc(C2CC2)ncc1CC(=O)O. The third kappa shape index (κ3) is 2.23. The number of rotatable bonds is 4. The van der Waals surface area contributed by atoms with Gasteiger partial charge in [-0.3, -0.25) is 4.79 Å². The molecule has 0 spiro atoms. The summed E-state index contributed by atoms with van der Waals surface area (Å²) in [5.74, 6) is 0.684. The van der Waals surface area contributed by atoms with Crippen LogP contribution in [0.1, 0.15) is 30.1 Å². The van der Waals surface area contributed by atoms with Crippen LogP contribution in [0.15, 0.2) is 6.20 Å². The van der Waals surface area contributed by atoms with E-state index in [2.05, 4.69) is 9.97 Å². The van der Waals surface area contributed by atoms with Gasteiger partial charge in [-0.05, 0) is 12.8 Å². The first-order chi connectivity index (χ1) is 7.20. The summed E-state index contributed by atoms with van der Waals surface area (Å²) in [6.07, 6.45) is 3.67. The van der Waals surface area contributed by atoms with Crippen LogP contribution in [-0.4, -0.2) is 28.2 Å². The minimum absolute atomic E-state index is 0.103. The lowest BCUT2D eigenvalue weighted by molar-refractivity contribution is -0.136. The van der Waals surface area contributed by atoms with Crippen LogP contribution in [0.2, 0.25) is 0 Å². The van der Waals surface area contributed by atoms with Gasteiger partial charge in [0.1, 0.15) is 5.82 Å². The number of nitrogens with zero attached hydrogens (tertiary/aromatic N) is 2.